The van der Waals surface area contributed by atoms with E-state index in [2.05, 4.69) is 0 Å². The Bertz CT molecular complexity index is 1220. The summed E-state index contributed by atoms with van der Waals surface area (Å²) in [5.74, 6) is -3.95. The lowest BCUT2D eigenvalue weighted by molar-refractivity contribution is 0.0116. The summed E-state index contributed by atoms with van der Waals surface area (Å²) in [4.78, 5) is 0. The summed E-state index contributed by atoms with van der Waals surface area (Å²) >= 11 is 0. The molecule has 0 heterocycles. The van der Waals surface area contributed by atoms with Crippen LogP contribution in [0.5, 0.6) is 5.75 Å². The van der Waals surface area contributed by atoms with Gasteiger partial charge in [0.15, 0.2) is 23.2 Å². The Morgan fingerprint density at radius 3 is 2.18 bits per heavy atom. The van der Waals surface area contributed by atoms with E-state index in [0.29, 0.717) is 43.2 Å². The van der Waals surface area contributed by atoms with Gasteiger partial charge >= 0.3 is 0 Å². The first kappa shape index (κ1) is 28.1. The quantitative estimate of drug-likeness (QED) is 0.268. The highest BCUT2D eigenvalue weighted by atomic mass is 19.2. The van der Waals surface area contributed by atoms with Crippen LogP contribution in [0.1, 0.15) is 81.1 Å². The zero-order chi connectivity index (χ0) is 27.2. The van der Waals surface area contributed by atoms with Crippen LogP contribution in [0, 0.1) is 23.3 Å². The smallest absolute Gasteiger partial charge is 0.200 e. The second-order valence-corrected chi connectivity index (χ2v) is 9.83. The lowest BCUT2D eigenvalue weighted by Crippen LogP contribution is -2.21. The SMILES string of the molecule is CCCC(O)c1ccc(-c2ccc(COC3CCC(c4ccc(OCC)c(F)c4F)CC3)c(F)c2F)cc1. The van der Waals surface area contributed by atoms with Crippen molar-refractivity contribution >= 4 is 0 Å². The van der Waals surface area contributed by atoms with Gasteiger partial charge in [0.25, 0.3) is 0 Å². The van der Waals surface area contributed by atoms with E-state index in [0.717, 1.165) is 12.0 Å². The van der Waals surface area contributed by atoms with E-state index < -0.39 is 29.4 Å². The van der Waals surface area contributed by atoms with Gasteiger partial charge in [0.2, 0.25) is 5.82 Å². The lowest BCUT2D eigenvalue weighted by atomic mass is 9.82. The molecular formula is C31H34F4O3. The molecule has 1 fully saturated rings. The fourth-order valence-corrected chi connectivity index (χ4v) is 5.13. The van der Waals surface area contributed by atoms with Crippen molar-refractivity contribution < 1.29 is 32.1 Å². The lowest BCUT2D eigenvalue weighted by Gasteiger charge is -2.29. The van der Waals surface area contributed by atoms with E-state index in [9.17, 15) is 22.7 Å². The number of aliphatic hydroxyl groups is 1. The number of ether oxygens (including phenoxy) is 2. The average Bonchev–Trinajstić information content (AvgIpc) is 2.93. The number of rotatable bonds is 10. The molecule has 1 unspecified atom stereocenters. The topological polar surface area (TPSA) is 38.7 Å². The van der Waals surface area contributed by atoms with Crippen LogP contribution in [0.25, 0.3) is 11.1 Å². The highest BCUT2D eigenvalue weighted by molar-refractivity contribution is 5.65. The van der Waals surface area contributed by atoms with Crippen molar-refractivity contribution in [2.45, 2.75) is 77.1 Å². The molecule has 3 aromatic carbocycles. The molecule has 0 saturated heterocycles. The molecule has 1 atom stereocenters. The Morgan fingerprint density at radius 1 is 0.816 bits per heavy atom. The van der Waals surface area contributed by atoms with E-state index in [1.54, 1.807) is 37.3 Å². The Balaban J connectivity index is 1.35. The number of halogens is 4. The third-order valence-electron chi connectivity index (χ3n) is 7.30. The van der Waals surface area contributed by atoms with Crippen molar-refractivity contribution in [3.63, 3.8) is 0 Å². The van der Waals surface area contributed by atoms with Gasteiger partial charge in [-0.3, -0.25) is 0 Å². The first-order valence-corrected chi connectivity index (χ1v) is 13.3. The molecule has 0 amide bonds. The third-order valence-corrected chi connectivity index (χ3v) is 7.30. The highest BCUT2D eigenvalue weighted by Crippen LogP contribution is 2.38. The Morgan fingerprint density at radius 2 is 1.53 bits per heavy atom. The number of benzene rings is 3. The van der Waals surface area contributed by atoms with Gasteiger partial charge in [0.05, 0.1) is 25.4 Å². The van der Waals surface area contributed by atoms with Crippen molar-refractivity contribution in [1.29, 1.82) is 0 Å². The van der Waals surface area contributed by atoms with Gasteiger partial charge in [-0.1, -0.05) is 55.8 Å². The molecule has 1 N–H and O–H groups in total. The third kappa shape index (κ3) is 6.21. The number of hydrogen-bond donors (Lipinski definition) is 1. The van der Waals surface area contributed by atoms with Crippen LogP contribution in [0.15, 0.2) is 48.5 Å². The van der Waals surface area contributed by atoms with Crippen molar-refractivity contribution in [1.82, 2.24) is 0 Å². The monoisotopic (exact) mass is 530 g/mol. The number of aliphatic hydroxyl groups excluding tert-OH is 1. The molecular weight excluding hydrogens is 496 g/mol. The largest absolute Gasteiger partial charge is 0.491 e. The van der Waals surface area contributed by atoms with Crippen LogP contribution in [-0.2, 0) is 11.3 Å². The van der Waals surface area contributed by atoms with Gasteiger partial charge in [-0.05, 0) is 67.7 Å². The maximum absolute atomic E-state index is 14.9. The first-order chi connectivity index (χ1) is 18.3. The fourth-order valence-electron chi connectivity index (χ4n) is 5.13. The van der Waals surface area contributed by atoms with E-state index in [4.69, 9.17) is 9.47 Å². The van der Waals surface area contributed by atoms with Crippen LogP contribution in [-0.4, -0.2) is 17.8 Å². The first-order valence-electron chi connectivity index (χ1n) is 13.3. The summed E-state index contributed by atoms with van der Waals surface area (Å²) in [7, 11) is 0. The molecule has 3 aromatic rings. The summed E-state index contributed by atoms with van der Waals surface area (Å²) in [6.45, 7) is 3.87. The molecule has 1 aliphatic rings. The van der Waals surface area contributed by atoms with Gasteiger partial charge in [0, 0.05) is 11.1 Å². The van der Waals surface area contributed by atoms with Gasteiger partial charge in [0.1, 0.15) is 0 Å². The summed E-state index contributed by atoms with van der Waals surface area (Å²) in [6, 6.07) is 12.9. The van der Waals surface area contributed by atoms with E-state index in [1.165, 1.54) is 18.2 Å². The fraction of sp³-hybridized carbons (Fsp3) is 0.419. The minimum absolute atomic E-state index is 0.0768. The summed E-state index contributed by atoms with van der Waals surface area (Å²) in [5, 5.41) is 10.1. The van der Waals surface area contributed by atoms with Crippen LogP contribution < -0.4 is 4.74 Å². The van der Waals surface area contributed by atoms with Crippen LogP contribution in [0.2, 0.25) is 0 Å². The predicted molar refractivity (Wildman–Crippen MR) is 139 cm³/mol. The van der Waals surface area contributed by atoms with Crippen molar-refractivity contribution in [3.8, 4) is 16.9 Å². The second-order valence-electron chi connectivity index (χ2n) is 9.83. The molecule has 4 rings (SSSR count). The zero-order valence-corrected chi connectivity index (χ0v) is 21.8. The molecule has 0 spiro atoms. The minimum atomic E-state index is -0.964. The molecule has 38 heavy (non-hydrogen) atoms. The Hall–Kier alpha value is -2.90. The van der Waals surface area contributed by atoms with Crippen molar-refractivity contribution in [2.24, 2.45) is 0 Å². The maximum Gasteiger partial charge on any atom is 0.200 e. The van der Waals surface area contributed by atoms with Crippen LogP contribution >= 0.6 is 0 Å². The molecule has 204 valence electrons. The molecule has 0 bridgehead atoms. The molecule has 0 aliphatic heterocycles. The summed E-state index contributed by atoms with van der Waals surface area (Å²) in [5.41, 5.74) is 1.88. The standard InChI is InChI=1S/C31H34F4O3/c1-3-5-26(36)21-8-6-19(7-9-21)24-15-12-22(28(32)29(24)33)18-38-23-13-10-20(11-14-23)25-16-17-27(37-4-2)31(35)30(25)34/h6-9,12,15-17,20,23,26,36H,3-5,10-11,13-14,18H2,1-2H3. The molecule has 3 nitrogen and oxygen atoms in total. The molecule has 1 aliphatic carbocycles. The summed E-state index contributed by atoms with van der Waals surface area (Å²) in [6.07, 6.45) is 3.15. The van der Waals surface area contributed by atoms with Gasteiger partial charge in [-0.15, -0.1) is 0 Å². The molecule has 1 saturated carbocycles. The minimum Gasteiger partial charge on any atom is -0.491 e. The Labute approximate surface area is 221 Å². The van der Waals surface area contributed by atoms with Crippen LogP contribution in [0.3, 0.4) is 0 Å². The highest BCUT2D eigenvalue weighted by Gasteiger charge is 2.27. The Kier molecular flexibility index (Phi) is 9.44. The van der Waals surface area contributed by atoms with Crippen molar-refractivity contribution in [2.75, 3.05) is 6.61 Å². The maximum atomic E-state index is 14.9. The second kappa shape index (κ2) is 12.8. The van der Waals surface area contributed by atoms with Gasteiger partial charge < -0.3 is 14.6 Å². The van der Waals surface area contributed by atoms with Gasteiger partial charge in [-0.2, -0.15) is 4.39 Å². The molecule has 7 heteroatoms. The van der Waals surface area contributed by atoms with Gasteiger partial charge in [-0.25, -0.2) is 13.2 Å². The predicted octanol–water partition coefficient (Wildman–Crippen LogP) is 8.39. The van der Waals surface area contributed by atoms with Crippen molar-refractivity contribution in [3.05, 3.63) is 88.5 Å². The molecule has 0 radical (unpaired) electrons. The average molecular weight is 531 g/mol. The van der Waals surface area contributed by atoms with E-state index in [1.807, 2.05) is 6.92 Å². The normalized spacial score (nSPS) is 18.4. The summed E-state index contributed by atoms with van der Waals surface area (Å²) < 4.78 is 69.7. The zero-order valence-electron chi connectivity index (χ0n) is 21.8. The molecule has 0 aromatic heterocycles. The van der Waals surface area contributed by atoms with E-state index in [-0.39, 0.29) is 42.1 Å². The van der Waals surface area contributed by atoms with Crippen LogP contribution in [0.4, 0.5) is 17.6 Å². The number of hydrogen-bond acceptors (Lipinski definition) is 3. The van der Waals surface area contributed by atoms with E-state index >= 15 is 0 Å².